The summed E-state index contributed by atoms with van der Waals surface area (Å²) >= 11 is 18.0. The number of aromatic nitrogens is 4. The molecule has 0 bridgehead atoms. The zero-order valence-corrected chi connectivity index (χ0v) is 68.6. The third-order valence-electron chi connectivity index (χ3n) is 11.6. The van der Waals surface area contributed by atoms with E-state index in [4.69, 9.17) is 42.0 Å². The Labute approximate surface area is 643 Å². The molecule has 0 aliphatic carbocycles. The number of aryl methyl sites for hydroxylation is 6. The standard InChI is InChI=1S/C14H13BrN2O.C10H13NO2.C9H10BrNO2.C8H11NO2.C7H5BrClNO.C7H6BrNO2.C7H8.C5H7NO2.C4H10O2.C3H6O.H3N/c1-9-5-3-4-6-11(9)17-14(18)12-10(2)7-8-16-13(12)15;1-4-6-8(3)9(7-11)10(12)13-5-2;1-3-13-9(12)7-6(2)4-5-11-8(7)10;1-4-11-8(10)7(5-9)6(2)3;1-4-2-3-10-6(8)5(4)7(9)11;1-4-2-3-9-6(8)5(4)7(10)11;1-7-5-3-2-4-6-7;1-2-8-5(7)3-4-6;1-4(5-2)6-3;1-3(2)4;/h3-8H,1-2H3,(H,17,18);4,6H,5H2,1-3H3;4-5H,3H2,1-2H3;4H2,1-3H3;2-3H,1H3;2-3H,1H3,(H,10,11);2-6H,1H3;2-3H2,1H3;4H,1-3H3;1-2H3;1H3/b;6-4+,9-8-;;;;;;;;;. The Hall–Kier alpha value is -9.02. The maximum atomic E-state index is 12.2. The molecule has 6 rings (SSSR count). The Bertz CT molecular complexity index is 3720. The fraction of sp³-hybridized carbons (Fsp3) is 0.338. The number of carbonyl (C=O) groups excluding carboxylic acids is 7. The zero-order valence-electron chi connectivity index (χ0n) is 61.5. The molecule has 6 aromatic rings. The van der Waals surface area contributed by atoms with Gasteiger partial charge in [0.15, 0.2) is 6.29 Å². The number of amides is 1. The summed E-state index contributed by atoms with van der Waals surface area (Å²) in [5.74, 6) is -2.81. The van der Waals surface area contributed by atoms with E-state index in [1.54, 1.807) is 137 Å². The van der Waals surface area contributed by atoms with E-state index in [9.17, 15) is 38.4 Å². The topological polar surface area (TPSA) is 382 Å². The van der Waals surface area contributed by atoms with Crippen LogP contribution in [0.2, 0.25) is 0 Å². The van der Waals surface area contributed by atoms with Gasteiger partial charge in [-0.1, -0.05) is 71.8 Å². The first-order valence-electron chi connectivity index (χ1n) is 30.7. The van der Waals surface area contributed by atoms with Crippen molar-refractivity contribution < 1.29 is 71.9 Å². The lowest BCUT2D eigenvalue weighted by atomic mass is 10.1. The molecule has 0 unspecified atom stereocenters. The number of ketones is 1. The average Bonchev–Trinajstić information content (AvgIpc) is 0.849. The smallest absolute Gasteiger partial charge is 0.349 e. The Kier molecular flexibility index (Phi) is 61.4. The summed E-state index contributed by atoms with van der Waals surface area (Å²) in [4.78, 5) is 102. The number of carboxylic acid groups (broad SMARTS) is 1. The maximum absolute atomic E-state index is 12.2. The number of allylic oxidation sites excluding steroid dienone is 4. The molecule has 0 saturated carbocycles. The summed E-state index contributed by atoms with van der Waals surface area (Å²) in [5, 5.41) is 36.2. The highest BCUT2D eigenvalue weighted by Gasteiger charge is 2.17. The number of nitrogens with one attached hydrogen (secondary N) is 1. The number of para-hydroxylation sites is 1. The molecular weight excluding hydrogens is 1610 g/mol. The Morgan fingerprint density at radius 1 is 0.553 bits per heavy atom. The molecule has 0 aliphatic heterocycles. The van der Waals surface area contributed by atoms with Crippen molar-refractivity contribution in [3.8, 4) is 18.2 Å². The van der Waals surface area contributed by atoms with E-state index in [1.807, 2.05) is 96.1 Å². The minimum absolute atomic E-state index is 0. The fourth-order valence-corrected chi connectivity index (χ4v) is 9.28. The highest BCUT2D eigenvalue weighted by molar-refractivity contribution is 9.11. The van der Waals surface area contributed by atoms with Crippen LogP contribution in [0.15, 0.2) is 157 Å². The van der Waals surface area contributed by atoms with Gasteiger partial charge in [0.25, 0.3) is 11.1 Å². The number of halogens is 5. The van der Waals surface area contributed by atoms with E-state index in [2.05, 4.69) is 127 Å². The van der Waals surface area contributed by atoms with Crippen molar-refractivity contribution >= 4 is 128 Å². The van der Waals surface area contributed by atoms with Gasteiger partial charge in [0.05, 0.1) is 54.8 Å². The quantitative estimate of drug-likeness (QED) is 0.0126. The Morgan fingerprint density at radius 3 is 1.22 bits per heavy atom. The molecule has 1 amide bonds. The summed E-state index contributed by atoms with van der Waals surface area (Å²) in [7, 11) is 3.21. The number of ether oxygens (including phenoxy) is 6. The lowest BCUT2D eigenvalue weighted by molar-refractivity contribution is -0.142. The zero-order chi connectivity index (χ0) is 79.0. The number of carboxylic acids is 1. The van der Waals surface area contributed by atoms with Crippen LogP contribution in [0, 0.1) is 75.5 Å². The first kappa shape index (κ1) is 103. The molecule has 2 aromatic carbocycles. The molecule has 0 radical (unpaired) electrons. The van der Waals surface area contributed by atoms with E-state index >= 15 is 0 Å². The van der Waals surface area contributed by atoms with Crippen molar-refractivity contribution in [1.29, 1.82) is 15.8 Å². The van der Waals surface area contributed by atoms with Gasteiger partial charge >= 0.3 is 29.8 Å². The number of pyridine rings is 4. The van der Waals surface area contributed by atoms with Crippen LogP contribution in [0.25, 0.3) is 0 Å². The van der Waals surface area contributed by atoms with Crippen molar-refractivity contribution in [2.75, 3.05) is 46.0 Å². The lowest BCUT2D eigenvalue weighted by Crippen LogP contribution is -2.15. The second kappa shape index (κ2) is 61.6. The Balaban J connectivity index is -0.000000352. The minimum Gasteiger partial charge on any atom is -0.478 e. The van der Waals surface area contributed by atoms with Gasteiger partial charge in [-0.15, -0.1) is 0 Å². The number of carbonyl (C=O) groups is 8. The molecule has 0 spiro atoms. The van der Waals surface area contributed by atoms with Gasteiger partial charge in [0.1, 0.15) is 53.9 Å². The monoisotopic (exact) mass is 1700 g/mol. The minimum atomic E-state index is -0.956. The number of Topliss-reactive ketones (excluding diaryl/α,β-unsaturated/α-hetero) is 1. The third-order valence-corrected chi connectivity index (χ3v) is 14.2. The van der Waals surface area contributed by atoms with Crippen molar-refractivity contribution in [2.24, 2.45) is 0 Å². The number of benzene rings is 2. The predicted molar refractivity (Wildman–Crippen MR) is 412 cm³/mol. The van der Waals surface area contributed by atoms with E-state index in [0.29, 0.717) is 71.6 Å². The van der Waals surface area contributed by atoms with Crippen LogP contribution in [-0.2, 0) is 47.6 Å². The number of hydrogen-bond acceptors (Lipinski definition) is 22. The van der Waals surface area contributed by atoms with Crippen LogP contribution in [0.1, 0.15) is 157 Å². The van der Waals surface area contributed by atoms with Crippen LogP contribution in [0.3, 0.4) is 0 Å². The third kappa shape index (κ3) is 47.0. The van der Waals surface area contributed by atoms with E-state index in [1.165, 1.54) is 19.4 Å². The van der Waals surface area contributed by atoms with Crippen molar-refractivity contribution in [3.63, 3.8) is 0 Å². The van der Waals surface area contributed by atoms with Crippen LogP contribution in [-0.4, -0.2) is 119 Å². The molecule has 0 fully saturated rings. The van der Waals surface area contributed by atoms with Crippen LogP contribution < -0.4 is 11.5 Å². The molecule has 0 aliphatic rings. The van der Waals surface area contributed by atoms with Gasteiger partial charge in [0, 0.05) is 44.7 Å². The first-order valence-corrected chi connectivity index (χ1v) is 34.2. The number of hydrogen-bond donors (Lipinski definition) is 3. The summed E-state index contributed by atoms with van der Waals surface area (Å²) < 4.78 is 30.0. The largest absolute Gasteiger partial charge is 0.478 e. The molecule has 558 valence electrons. The molecule has 4 heterocycles. The molecule has 103 heavy (non-hydrogen) atoms. The Morgan fingerprint density at radius 2 is 0.932 bits per heavy atom. The summed E-state index contributed by atoms with van der Waals surface area (Å²) in [5.41, 5.74) is 9.69. The number of nitriles is 3. The van der Waals surface area contributed by atoms with Crippen molar-refractivity contribution in [3.05, 3.63) is 212 Å². The van der Waals surface area contributed by atoms with E-state index in [-0.39, 0.29) is 59.8 Å². The lowest BCUT2D eigenvalue weighted by Gasteiger charge is -2.10. The van der Waals surface area contributed by atoms with Gasteiger partial charge in [0.2, 0.25) is 0 Å². The highest BCUT2D eigenvalue weighted by atomic mass is 79.9. The van der Waals surface area contributed by atoms with Gasteiger partial charge in [-0.25, -0.2) is 39.1 Å². The van der Waals surface area contributed by atoms with E-state index < -0.39 is 29.1 Å². The summed E-state index contributed by atoms with van der Waals surface area (Å²) in [6, 6.07) is 30.2. The van der Waals surface area contributed by atoms with E-state index in [0.717, 1.165) is 27.9 Å². The van der Waals surface area contributed by atoms with Crippen LogP contribution in [0.5, 0.6) is 0 Å². The van der Waals surface area contributed by atoms with Gasteiger partial charge < -0.3 is 49.8 Å². The number of methoxy groups -OCH3 is 2. The van der Waals surface area contributed by atoms with Crippen LogP contribution >= 0.6 is 75.3 Å². The number of esters is 4. The number of nitrogens with zero attached hydrogens (tertiary/aromatic N) is 7. The maximum Gasteiger partial charge on any atom is 0.349 e. The molecule has 24 nitrogen and oxygen atoms in total. The molecule has 0 saturated heterocycles. The van der Waals surface area contributed by atoms with Crippen molar-refractivity contribution in [1.82, 2.24) is 26.1 Å². The summed E-state index contributed by atoms with van der Waals surface area (Å²) in [6.45, 7) is 31.3. The predicted octanol–water partition coefficient (Wildman–Crippen LogP) is 17.6. The fourth-order valence-electron chi connectivity index (χ4n) is 6.52. The molecular formula is C74H92Br4ClN9O15. The first-order chi connectivity index (χ1) is 48.0. The molecule has 0 atom stereocenters. The molecule has 4 aromatic heterocycles. The highest BCUT2D eigenvalue weighted by Crippen LogP contribution is 2.23. The number of anilines is 1. The van der Waals surface area contributed by atoms with Gasteiger partial charge in [-0.2, -0.15) is 15.8 Å². The van der Waals surface area contributed by atoms with Gasteiger partial charge in [-0.3, -0.25) is 14.4 Å². The normalized spacial score (nSPS) is 9.50. The van der Waals surface area contributed by atoms with Crippen LogP contribution in [0.4, 0.5) is 5.69 Å². The summed E-state index contributed by atoms with van der Waals surface area (Å²) in [6.07, 6.45) is 9.75. The average molecular weight is 1700 g/mol. The van der Waals surface area contributed by atoms with Gasteiger partial charge in [-0.05, 0) is 257 Å². The molecule has 29 heteroatoms. The van der Waals surface area contributed by atoms with Crippen molar-refractivity contribution in [2.45, 2.75) is 130 Å². The molecule has 5 N–H and O–H groups in total. The second-order valence-corrected chi connectivity index (χ2v) is 23.4. The number of rotatable bonds is 15. The second-order valence-electron chi connectivity index (χ2n) is 20.1. The SMILES string of the molecule is C/C=C/C(C)=C(/C#N)C(=O)OCC.CC(C)=O.CCOC(=O)C(C#N)=C(C)C.CCOC(=O)CC#N.CCOC(=O)c1c(C)ccnc1Br.COC(C)OC.Cc1ccccc1.Cc1ccccc1NC(=O)c1c(C)ccnc1Br.Cc1ccnc(Br)c1C(=O)Cl.Cc1ccnc(Br)c1C(=O)O.N. The number of aromatic carboxylic acids is 1.